The van der Waals surface area contributed by atoms with Crippen LogP contribution in [0.5, 0.6) is 5.75 Å². The number of nitrogens with zero attached hydrogens (tertiary/aromatic N) is 1. The number of hydrogen-bond acceptors (Lipinski definition) is 7. The maximum Gasteiger partial charge on any atom is 0.272 e. The van der Waals surface area contributed by atoms with Crippen molar-refractivity contribution in [1.82, 2.24) is 10.3 Å². The third-order valence-corrected chi connectivity index (χ3v) is 8.64. The molecule has 10 heteroatoms. The third kappa shape index (κ3) is 8.71. The molecule has 0 fully saturated rings. The fourth-order valence-electron chi connectivity index (χ4n) is 4.33. The number of aromatic nitrogens is 1. The lowest BCUT2D eigenvalue weighted by atomic mass is 10.1. The highest BCUT2D eigenvalue weighted by Crippen LogP contribution is 2.30. The molecule has 1 unspecified atom stereocenters. The van der Waals surface area contributed by atoms with Gasteiger partial charge in [0.05, 0.1) is 18.1 Å². The summed E-state index contributed by atoms with van der Waals surface area (Å²) in [6.45, 7) is 3.79. The van der Waals surface area contributed by atoms with Crippen molar-refractivity contribution in [3.05, 3.63) is 131 Å². The van der Waals surface area contributed by atoms with E-state index in [1.807, 2.05) is 79.9 Å². The van der Waals surface area contributed by atoms with E-state index in [4.69, 9.17) is 4.74 Å². The van der Waals surface area contributed by atoms with Crippen molar-refractivity contribution in [3.8, 4) is 17.0 Å². The molecule has 0 aliphatic carbocycles. The van der Waals surface area contributed by atoms with E-state index in [-0.39, 0.29) is 11.6 Å². The summed E-state index contributed by atoms with van der Waals surface area (Å²) in [5.74, 6) is -0.338. The van der Waals surface area contributed by atoms with Crippen LogP contribution in [0.15, 0.2) is 119 Å². The Bertz CT molecular complexity index is 1870. The summed E-state index contributed by atoms with van der Waals surface area (Å²) in [5, 5.41) is 10.5. The minimum absolute atomic E-state index is 0.0975. The van der Waals surface area contributed by atoms with Gasteiger partial charge >= 0.3 is 0 Å². The van der Waals surface area contributed by atoms with Gasteiger partial charge in [-0.25, -0.2) is 4.98 Å². The summed E-state index contributed by atoms with van der Waals surface area (Å²) in [5.41, 5.74) is 4.55. The van der Waals surface area contributed by atoms with Crippen molar-refractivity contribution >= 4 is 57.7 Å². The quantitative estimate of drug-likeness (QED) is 0.100. The van der Waals surface area contributed by atoms with Gasteiger partial charge in [0.25, 0.3) is 11.8 Å². The molecular weight excluding hydrogens is 617 g/mol. The predicted molar refractivity (Wildman–Crippen MR) is 186 cm³/mol. The van der Waals surface area contributed by atoms with Gasteiger partial charge in [-0.1, -0.05) is 66.2 Å². The molecule has 5 rings (SSSR count). The molecular formula is C36H32N4O4S2. The average Bonchev–Trinajstić information content (AvgIpc) is 3.54. The molecule has 3 amide bonds. The summed E-state index contributed by atoms with van der Waals surface area (Å²) >= 11 is 2.70. The van der Waals surface area contributed by atoms with Gasteiger partial charge in [-0.05, 0) is 68.0 Å². The number of aryl methyl sites for hydroxylation is 1. The third-order valence-electron chi connectivity index (χ3n) is 6.79. The number of thiazole rings is 1. The molecule has 4 aromatic carbocycles. The highest BCUT2D eigenvalue weighted by atomic mass is 32.2. The molecule has 0 bridgehead atoms. The smallest absolute Gasteiger partial charge is 0.272 e. The monoisotopic (exact) mass is 648 g/mol. The molecule has 8 nitrogen and oxygen atoms in total. The lowest BCUT2D eigenvalue weighted by Gasteiger charge is -2.14. The van der Waals surface area contributed by atoms with Crippen LogP contribution < -0.4 is 20.7 Å². The molecule has 46 heavy (non-hydrogen) atoms. The number of amides is 3. The fraction of sp³-hybridized carbons (Fsp3) is 0.111. The second kappa shape index (κ2) is 15.2. The SMILES string of the molecule is COc1cccc(-c2csc(NC(=O)C(C)Sc3cccc(NC(=O)/C(=C/c4ccc(C)cc4)NC(=O)c4ccccc4)c3)n2)c1. The molecule has 1 atom stereocenters. The molecule has 5 aromatic rings. The number of nitrogens with one attached hydrogen (secondary N) is 3. The first kappa shape index (κ1) is 32.2. The van der Waals surface area contributed by atoms with Crippen LogP contribution in [0.3, 0.4) is 0 Å². The van der Waals surface area contributed by atoms with Crippen LogP contribution in [0.1, 0.15) is 28.4 Å². The fourth-order valence-corrected chi connectivity index (χ4v) is 5.98. The number of rotatable bonds is 11. The highest BCUT2D eigenvalue weighted by molar-refractivity contribution is 8.00. The minimum Gasteiger partial charge on any atom is -0.497 e. The number of thioether (sulfide) groups is 1. The number of anilines is 2. The zero-order chi connectivity index (χ0) is 32.5. The molecule has 232 valence electrons. The molecule has 1 aromatic heterocycles. The van der Waals surface area contributed by atoms with Crippen molar-refractivity contribution in [2.45, 2.75) is 24.0 Å². The first-order valence-electron chi connectivity index (χ1n) is 14.4. The normalized spacial score (nSPS) is 11.8. The molecule has 0 saturated carbocycles. The van der Waals surface area contributed by atoms with Crippen LogP contribution in [0.4, 0.5) is 10.8 Å². The van der Waals surface area contributed by atoms with Gasteiger partial charge in [0, 0.05) is 27.1 Å². The number of methoxy groups -OCH3 is 1. The van der Waals surface area contributed by atoms with E-state index in [0.29, 0.717) is 16.4 Å². The van der Waals surface area contributed by atoms with Gasteiger partial charge in [0.1, 0.15) is 11.4 Å². The Morgan fingerprint density at radius 3 is 2.41 bits per heavy atom. The van der Waals surface area contributed by atoms with Gasteiger partial charge in [-0.15, -0.1) is 23.1 Å². The number of hydrogen-bond donors (Lipinski definition) is 3. The zero-order valence-electron chi connectivity index (χ0n) is 25.4. The lowest BCUT2D eigenvalue weighted by Crippen LogP contribution is -2.30. The van der Waals surface area contributed by atoms with E-state index in [2.05, 4.69) is 20.9 Å². The van der Waals surface area contributed by atoms with Gasteiger partial charge in [-0.3, -0.25) is 14.4 Å². The van der Waals surface area contributed by atoms with Crippen molar-refractivity contribution in [3.63, 3.8) is 0 Å². The lowest BCUT2D eigenvalue weighted by molar-refractivity contribution is -0.115. The van der Waals surface area contributed by atoms with E-state index in [1.165, 1.54) is 23.1 Å². The Morgan fingerprint density at radius 2 is 1.65 bits per heavy atom. The standard InChI is InChI=1S/C36H32N4O4S2/c1-23-15-17-25(18-16-23)19-31(38-34(42)26-9-5-4-6-10-26)35(43)37-28-12-8-14-30(21-28)46-24(2)33(41)40-36-39-32(22-45-36)27-11-7-13-29(20-27)44-3/h4-22,24H,1-3H3,(H,37,43)(H,38,42)(H,39,40,41)/b31-19-. The number of ether oxygens (including phenoxy) is 1. The first-order valence-corrected chi connectivity index (χ1v) is 16.2. The van der Waals surface area contributed by atoms with Crippen LogP contribution in [0.2, 0.25) is 0 Å². The zero-order valence-corrected chi connectivity index (χ0v) is 27.1. The molecule has 0 aliphatic rings. The predicted octanol–water partition coefficient (Wildman–Crippen LogP) is 7.66. The largest absolute Gasteiger partial charge is 0.497 e. The molecule has 3 N–H and O–H groups in total. The van der Waals surface area contributed by atoms with E-state index in [9.17, 15) is 14.4 Å². The van der Waals surface area contributed by atoms with Gasteiger partial charge in [-0.2, -0.15) is 0 Å². The van der Waals surface area contributed by atoms with E-state index in [0.717, 1.165) is 33.0 Å². The second-order valence-electron chi connectivity index (χ2n) is 10.3. The maximum atomic E-state index is 13.5. The molecule has 0 radical (unpaired) electrons. The summed E-state index contributed by atoms with van der Waals surface area (Å²) < 4.78 is 5.30. The Balaban J connectivity index is 1.24. The van der Waals surface area contributed by atoms with E-state index >= 15 is 0 Å². The van der Waals surface area contributed by atoms with Crippen molar-refractivity contribution < 1.29 is 19.1 Å². The minimum atomic E-state index is -0.478. The van der Waals surface area contributed by atoms with Crippen LogP contribution in [0, 0.1) is 6.92 Å². The Morgan fingerprint density at radius 1 is 0.891 bits per heavy atom. The van der Waals surface area contributed by atoms with Crippen molar-refractivity contribution in [2.24, 2.45) is 0 Å². The van der Waals surface area contributed by atoms with Crippen LogP contribution in [-0.4, -0.2) is 35.1 Å². The summed E-state index contributed by atoms with van der Waals surface area (Å²) in [6, 6.07) is 31.2. The molecule has 0 spiro atoms. The second-order valence-corrected chi connectivity index (χ2v) is 12.6. The van der Waals surface area contributed by atoms with Crippen LogP contribution in [0.25, 0.3) is 17.3 Å². The maximum absolute atomic E-state index is 13.5. The van der Waals surface area contributed by atoms with Gasteiger partial charge < -0.3 is 20.7 Å². The first-order chi connectivity index (χ1) is 22.3. The molecule has 0 aliphatic heterocycles. The van der Waals surface area contributed by atoms with E-state index in [1.54, 1.807) is 55.7 Å². The van der Waals surface area contributed by atoms with E-state index < -0.39 is 17.1 Å². The van der Waals surface area contributed by atoms with Gasteiger partial charge in [0.15, 0.2) is 5.13 Å². The number of carbonyl (C=O) groups is 3. The summed E-state index contributed by atoms with van der Waals surface area (Å²) in [6.07, 6.45) is 1.64. The highest BCUT2D eigenvalue weighted by Gasteiger charge is 2.18. The average molecular weight is 649 g/mol. The summed E-state index contributed by atoms with van der Waals surface area (Å²) in [7, 11) is 1.61. The Labute approximate surface area is 275 Å². The van der Waals surface area contributed by atoms with Crippen molar-refractivity contribution in [2.75, 3.05) is 17.7 Å². The summed E-state index contributed by atoms with van der Waals surface area (Å²) in [4.78, 5) is 44.8. The molecule has 0 saturated heterocycles. The van der Waals surface area contributed by atoms with Crippen molar-refractivity contribution in [1.29, 1.82) is 0 Å². The molecule has 1 heterocycles. The van der Waals surface area contributed by atoms with Crippen LogP contribution >= 0.6 is 23.1 Å². The Hall–Kier alpha value is -5.19. The topological polar surface area (TPSA) is 109 Å². The Kier molecular flexibility index (Phi) is 10.6. The van der Waals surface area contributed by atoms with Gasteiger partial charge in [0.2, 0.25) is 5.91 Å². The number of benzene rings is 4. The van der Waals surface area contributed by atoms with Crippen LogP contribution in [-0.2, 0) is 9.59 Å². The number of carbonyl (C=O) groups excluding carboxylic acids is 3.